The molecule has 1 aliphatic heterocycles. The van der Waals surface area contributed by atoms with E-state index in [2.05, 4.69) is 17.1 Å². The number of nitrogens with zero attached hydrogens (tertiary/aromatic N) is 1. The van der Waals surface area contributed by atoms with E-state index in [4.69, 9.17) is 0 Å². The van der Waals surface area contributed by atoms with E-state index in [0.29, 0.717) is 5.41 Å². The van der Waals surface area contributed by atoms with Crippen LogP contribution < -0.4 is 5.32 Å². The second kappa shape index (κ2) is 4.30. The molecule has 3 fully saturated rings. The molecule has 0 radical (unpaired) electrons. The second-order valence-corrected chi connectivity index (χ2v) is 6.66. The van der Waals surface area contributed by atoms with Crippen molar-refractivity contribution in [1.29, 1.82) is 0 Å². The van der Waals surface area contributed by atoms with E-state index in [9.17, 15) is 0 Å². The highest BCUT2D eigenvalue weighted by molar-refractivity contribution is 4.93. The van der Waals surface area contributed by atoms with Crippen LogP contribution in [0, 0.1) is 11.3 Å². The van der Waals surface area contributed by atoms with Crippen LogP contribution in [-0.2, 0) is 0 Å². The van der Waals surface area contributed by atoms with Gasteiger partial charge in [-0.05, 0) is 62.9 Å². The van der Waals surface area contributed by atoms with Gasteiger partial charge in [0.2, 0.25) is 0 Å². The molecule has 3 rings (SSSR count). The molecule has 0 bridgehead atoms. The summed E-state index contributed by atoms with van der Waals surface area (Å²) in [7, 11) is 0. The molecule has 92 valence electrons. The third-order valence-electron chi connectivity index (χ3n) is 4.65. The van der Waals surface area contributed by atoms with Gasteiger partial charge in [0, 0.05) is 19.1 Å². The lowest BCUT2D eigenvalue weighted by Gasteiger charge is -2.39. The fourth-order valence-corrected chi connectivity index (χ4v) is 3.09. The maximum Gasteiger partial charge on any atom is 0.00967 e. The first-order valence-electron chi connectivity index (χ1n) is 7.20. The molecule has 1 N–H and O–H groups in total. The van der Waals surface area contributed by atoms with Gasteiger partial charge in [0.25, 0.3) is 0 Å². The molecule has 0 amide bonds. The normalized spacial score (nSPS) is 29.6. The largest absolute Gasteiger partial charge is 0.317 e. The third kappa shape index (κ3) is 2.78. The SMILES string of the molecule is CC1(CN(CC2CC2)C2CC2)CCNCC1. The highest BCUT2D eigenvalue weighted by Gasteiger charge is 2.38. The van der Waals surface area contributed by atoms with E-state index in [1.165, 1.54) is 64.7 Å². The van der Waals surface area contributed by atoms with Crippen molar-refractivity contribution in [2.75, 3.05) is 26.2 Å². The average molecular weight is 222 g/mol. The Bertz CT molecular complexity index is 237. The summed E-state index contributed by atoms with van der Waals surface area (Å²) < 4.78 is 0. The Labute approximate surface area is 99.8 Å². The van der Waals surface area contributed by atoms with Crippen molar-refractivity contribution in [2.24, 2.45) is 11.3 Å². The maximum absolute atomic E-state index is 3.49. The van der Waals surface area contributed by atoms with Crippen LogP contribution in [0.1, 0.15) is 45.4 Å². The predicted octanol–water partition coefficient (Wildman–Crippen LogP) is 2.25. The third-order valence-corrected chi connectivity index (χ3v) is 4.65. The highest BCUT2D eigenvalue weighted by Crippen LogP contribution is 2.38. The van der Waals surface area contributed by atoms with E-state index < -0.39 is 0 Å². The molecule has 0 unspecified atom stereocenters. The monoisotopic (exact) mass is 222 g/mol. The van der Waals surface area contributed by atoms with E-state index in [0.717, 1.165) is 12.0 Å². The predicted molar refractivity (Wildman–Crippen MR) is 67.5 cm³/mol. The van der Waals surface area contributed by atoms with Gasteiger partial charge < -0.3 is 5.32 Å². The Morgan fingerprint density at radius 3 is 2.38 bits per heavy atom. The molecule has 0 spiro atoms. The van der Waals surface area contributed by atoms with Crippen molar-refractivity contribution >= 4 is 0 Å². The first kappa shape index (κ1) is 11.0. The first-order chi connectivity index (χ1) is 7.75. The zero-order valence-corrected chi connectivity index (χ0v) is 10.7. The van der Waals surface area contributed by atoms with E-state index in [1.54, 1.807) is 0 Å². The minimum Gasteiger partial charge on any atom is -0.317 e. The lowest BCUT2D eigenvalue weighted by molar-refractivity contribution is 0.118. The van der Waals surface area contributed by atoms with Gasteiger partial charge in [-0.25, -0.2) is 0 Å². The van der Waals surface area contributed by atoms with Crippen molar-refractivity contribution in [3.8, 4) is 0 Å². The zero-order valence-electron chi connectivity index (χ0n) is 10.7. The minimum atomic E-state index is 0.600. The second-order valence-electron chi connectivity index (χ2n) is 6.66. The van der Waals surface area contributed by atoms with Gasteiger partial charge in [-0.1, -0.05) is 6.92 Å². The zero-order chi connectivity index (χ0) is 11.0. The van der Waals surface area contributed by atoms with Crippen molar-refractivity contribution in [1.82, 2.24) is 10.2 Å². The number of nitrogens with one attached hydrogen (secondary N) is 1. The van der Waals surface area contributed by atoms with E-state index >= 15 is 0 Å². The van der Waals surface area contributed by atoms with Crippen LogP contribution in [0.4, 0.5) is 0 Å². The highest BCUT2D eigenvalue weighted by atomic mass is 15.2. The molecule has 0 aromatic heterocycles. The summed E-state index contributed by atoms with van der Waals surface area (Å²) in [5.74, 6) is 1.06. The molecule has 1 heterocycles. The Morgan fingerprint density at radius 1 is 1.12 bits per heavy atom. The molecule has 0 aromatic carbocycles. The van der Waals surface area contributed by atoms with Crippen molar-refractivity contribution in [3.63, 3.8) is 0 Å². The van der Waals surface area contributed by atoms with E-state index in [1.807, 2.05) is 0 Å². The quantitative estimate of drug-likeness (QED) is 0.767. The van der Waals surface area contributed by atoms with Gasteiger partial charge in [0.05, 0.1) is 0 Å². The smallest absolute Gasteiger partial charge is 0.00967 e. The first-order valence-corrected chi connectivity index (χ1v) is 7.20. The fraction of sp³-hybridized carbons (Fsp3) is 1.00. The maximum atomic E-state index is 3.49. The molecule has 1 saturated heterocycles. The van der Waals surface area contributed by atoms with Crippen LogP contribution in [-0.4, -0.2) is 37.1 Å². The average Bonchev–Trinajstić information content (AvgIpc) is 3.13. The Balaban J connectivity index is 1.56. The molecule has 16 heavy (non-hydrogen) atoms. The standard InChI is InChI=1S/C14H26N2/c1-14(6-8-15-9-7-14)11-16(13-4-5-13)10-12-2-3-12/h12-13,15H,2-11H2,1H3. The molecule has 2 aliphatic carbocycles. The lowest BCUT2D eigenvalue weighted by Crippen LogP contribution is -2.44. The van der Waals surface area contributed by atoms with Crippen molar-refractivity contribution in [2.45, 2.75) is 51.5 Å². The molecule has 2 saturated carbocycles. The Hall–Kier alpha value is -0.0800. The molecule has 2 heteroatoms. The molecule has 2 nitrogen and oxygen atoms in total. The van der Waals surface area contributed by atoms with Crippen molar-refractivity contribution in [3.05, 3.63) is 0 Å². The summed E-state index contributed by atoms with van der Waals surface area (Å²) in [5, 5.41) is 3.49. The van der Waals surface area contributed by atoms with Crippen LogP contribution in [0.2, 0.25) is 0 Å². The Kier molecular flexibility index (Phi) is 2.97. The molecule has 3 aliphatic rings. The summed E-state index contributed by atoms with van der Waals surface area (Å²) >= 11 is 0. The molecular formula is C14H26N2. The summed E-state index contributed by atoms with van der Waals surface area (Å²) in [6, 6.07) is 0.965. The molecule has 0 aromatic rings. The minimum absolute atomic E-state index is 0.600. The summed E-state index contributed by atoms with van der Waals surface area (Å²) in [5.41, 5.74) is 0.600. The van der Waals surface area contributed by atoms with Crippen LogP contribution in [0.5, 0.6) is 0 Å². The van der Waals surface area contributed by atoms with Gasteiger partial charge in [0.15, 0.2) is 0 Å². The lowest BCUT2D eigenvalue weighted by atomic mass is 9.80. The van der Waals surface area contributed by atoms with E-state index in [-0.39, 0.29) is 0 Å². The van der Waals surface area contributed by atoms with Gasteiger partial charge in [-0.15, -0.1) is 0 Å². The number of rotatable bonds is 5. The van der Waals surface area contributed by atoms with Crippen LogP contribution in [0.15, 0.2) is 0 Å². The fourth-order valence-electron chi connectivity index (χ4n) is 3.09. The number of piperidine rings is 1. The molecular weight excluding hydrogens is 196 g/mol. The van der Waals surface area contributed by atoms with Gasteiger partial charge in [-0.3, -0.25) is 4.90 Å². The summed E-state index contributed by atoms with van der Waals surface area (Å²) in [6.07, 6.45) is 8.70. The number of hydrogen-bond donors (Lipinski definition) is 1. The van der Waals surface area contributed by atoms with Crippen LogP contribution in [0.3, 0.4) is 0 Å². The topological polar surface area (TPSA) is 15.3 Å². The van der Waals surface area contributed by atoms with Crippen LogP contribution in [0.25, 0.3) is 0 Å². The molecule has 0 atom stereocenters. The number of hydrogen-bond acceptors (Lipinski definition) is 2. The van der Waals surface area contributed by atoms with Gasteiger partial charge >= 0.3 is 0 Å². The Morgan fingerprint density at radius 2 is 1.81 bits per heavy atom. The van der Waals surface area contributed by atoms with Crippen LogP contribution >= 0.6 is 0 Å². The van der Waals surface area contributed by atoms with Crippen molar-refractivity contribution < 1.29 is 0 Å². The summed E-state index contributed by atoms with van der Waals surface area (Å²) in [4.78, 5) is 2.84. The van der Waals surface area contributed by atoms with Gasteiger partial charge in [0.1, 0.15) is 0 Å². The summed E-state index contributed by atoms with van der Waals surface area (Å²) in [6.45, 7) is 7.76. The van der Waals surface area contributed by atoms with Gasteiger partial charge in [-0.2, -0.15) is 0 Å².